The van der Waals surface area contributed by atoms with E-state index >= 15 is 0 Å². The molecule has 0 radical (unpaired) electrons. The SMILES string of the molecule is S=C(Nc1ccccc1)N1CC[C@H](c2ccccc2)N1c1ccccc1. The molecule has 1 aliphatic heterocycles. The summed E-state index contributed by atoms with van der Waals surface area (Å²) in [6, 6.07) is 31.5. The maximum Gasteiger partial charge on any atom is 0.192 e. The Kier molecular flexibility index (Phi) is 4.84. The lowest BCUT2D eigenvalue weighted by Gasteiger charge is -2.36. The van der Waals surface area contributed by atoms with E-state index < -0.39 is 0 Å². The summed E-state index contributed by atoms with van der Waals surface area (Å²) in [4.78, 5) is 0. The lowest BCUT2D eigenvalue weighted by molar-refractivity contribution is 0.464. The van der Waals surface area contributed by atoms with Crippen LogP contribution in [0.1, 0.15) is 18.0 Å². The van der Waals surface area contributed by atoms with Crippen molar-refractivity contribution >= 4 is 28.7 Å². The quantitative estimate of drug-likeness (QED) is 0.643. The highest BCUT2D eigenvalue weighted by atomic mass is 32.1. The minimum Gasteiger partial charge on any atom is -0.331 e. The molecular formula is C22H21N3S. The molecule has 1 aliphatic rings. The fourth-order valence-electron chi connectivity index (χ4n) is 3.43. The largest absolute Gasteiger partial charge is 0.331 e. The molecule has 3 aromatic carbocycles. The lowest BCUT2D eigenvalue weighted by atomic mass is 10.0. The second-order valence-electron chi connectivity index (χ2n) is 6.31. The van der Waals surface area contributed by atoms with Crippen molar-refractivity contribution in [1.29, 1.82) is 0 Å². The summed E-state index contributed by atoms with van der Waals surface area (Å²) >= 11 is 5.75. The number of thiocarbonyl (C=S) groups is 1. The fraction of sp³-hybridized carbons (Fsp3) is 0.136. The zero-order chi connectivity index (χ0) is 17.8. The van der Waals surface area contributed by atoms with E-state index in [0.717, 1.165) is 29.5 Å². The van der Waals surface area contributed by atoms with Crippen molar-refractivity contribution in [2.24, 2.45) is 0 Å². The van der Waals surface area contributed by atoms with E-state index in [4.69, 9.17) is 12.2 Å². The lowest BCUT2D eigenvalue weighted by Crippen LogP contribution is -2.44. The molecule has 26 heavy (non-hydrogen) atoms. The van der Waals surface area contributed by atoms with Gasteiger partial charge in [0.1, 0.15) is 0 Å². The Bertz CT molecular complexity index is 852. The molecule has 1 N–H and O–H groups in total. The number of benzene rings is 3. The van der Waals surface area contributed by atoms with Gasteiger partial charge in [-0.1, -0.05) is 66.7 Å². The van der Waals surface area contributed by atoms with Crippen molar-refractivity contribution < 1.29 is 0 Å². The van der Waals surface area contributed by atoms with Crippen molar-refractivity contribution in [3.8, 4) is 0 Å². The number of hydrogen-bond donors (Lipinski definition) is 1. The van der Waals surface area contributed by atoms with Gasteiger partial charge in [-0.3, -0.25) is 10.0 Å². The van der Waals surface area contributed by atoms with E-state index in [1.807, 2.05) is 36.4 Å². The van der Waals surface area contributed by atoms with E-state index in [1.165, 1.54) is 5.56 Å². The van der Waals surface area contributed by atoms with Gasteiger partial charge in [-0.15, -0.1) is 0 Å². The molecule has 0 amide bonds. The topological polar surface area (TPSA) is 18.5 Å². The van der Waals surface area contributed by atoms with Gasteiger partial charge in [-0.05, 0) is 48.5 Å². The molecule has 0 unspecified atom stereocenters. The molecule has 4 heteroatoms. The van der Waals surface area contributed by atoms with Gasteiger partial charge in [0.05, 0.1) is 11.7 Å². The van der Waals surface area contributed by atoms with E-state index in [0.29, 0.717) is 0 Å². The summed E-state index contributed by atoms with van der Waals surface area (Å²) in [7, 11) is 0. The Balaban J connectivity index is 1.64. The van der Waals surface area contributed by atoms with Crippen LogP contribution in [-0.4, -0.2) is 16.7 Å². The Hall–Kier alpha value is -2.85. The second-order valence-corrected chi connectivity index (χ2v) is 6.70. The zero-order valence-corrected chi connectivity index (χ0v) is 15.3. The monoisotopic (exact) mass is 359 g/mol. The minimum atomic E-state index is 0.272. The minimum absolute atomic E-state index is 0.272. The van der Waals surface area contributed by atoms with Crippen LogP contribution in [0.4, 0.5) is 11.4 Å². The van der Waals surface area contributed by atoms with E-state index in [-0.39, 0.29) is 6.04 Å². The van der Waals surface area contributed by atoms with Crippen LogP contribution in [0, 0.1) is 0 Å². The summed E-state index contributed by atoms with van der Waals surface area (Å²) in [6.07, 6.45) is 1.02. The molecule has 0 saturated carbocycles. The predicted molar refractivity (Wildman–Crippen MR) is 112 cm³/mol. The number of nitrogens with one attached hydrogen (secondary N) is 1. The van der Waals surface area contributed by atoms with Crippen molar-refractivity contribution in [2.45, 2.75) is 12.5 Å². The number of anilines is 2. The molecule has 0 spiro atoms. The van der Waals surface area contributed by atoms with Crippen molar-refractivity contribution in [3.63, 3.8) is 0 Å². The third-order valence-corrected chi connectivity index (χ3v) is 4.95. The first-order chi connectivity index (χ1) is 12.8. The van der Waals surface area contributed by atoms with Crippen LogP contribution < -0.4 is 10.3 Å². The highest BCUT2D eigenvalue weighted by Gasteiger charge is 2.34. The van der Waals surface area contributed by atoms with Gasteiger partial charge in [0.15, 0.2) is 5.11 Å². The van der Waals surface area contributed by atoms with Gasteiger partial charge in [0, 0.05) is 12.2 Å². The van der Waals surface area contributed by atoms with E-state index in [2.05, 4.69) is 69.9 Å². The van der Waals surface area contributed by atoms with Crippen molar-refractivity contribution in [1.82, 2.24) is 5.01 Å². The molecule has 0 aromatic heterocycles. The number of nitrogens with zero attached hydrogens (tertiary/aromatic N) is 2. The van der Waals surface area contributed by atoms with Crippen LogP contribution in [0.5, 0.6) is 0 Å². The summed E-state index contributed by atoms with van der Waals surface area (Å²) in [6.45, 7) is 0.882. The molecule has 0 bridgehead atoms. The molecule has 1 atom stereocenters. The molecule has 3 aromatic rings. The van der Waals surface area contributed by atoms with E-state index in [9.17, 15) is 0 Å². The smallest absolute Gasteiger partial charge is 0.192 e. The normalized spacial score (nSPS) is 16.5. The highest BCUT2D eigenvalue weighted by molar-refractivity contribution is 7.80. The standard InChI is InChI=1S/C22H21N3S/c26-22(23-19-12-6-2-7-13-19)24-17-16-21(18-10-4-1-5-11-18)25(24)20-14-8-3-9-15-20/h1-15,21H,16-17H2,(H,23,26)/t21-/m1/s1. The molecule has 4 rings (SSSR count). The van der Waals surface area contributed by atoms with Crippen LogP contribution in [0.15, 0.2) is 91.0 Å². The number of hydrogen-bond acceptors (Lipinski definition) is 2. The Morgan fingerprint density at radius 1 is 0.808 bits per heavy atom. The van der Waals surface area contributed by atoms with Crippen LogP contribution in [0.3, 0.4) is 0 Å². The molecule has 1 heterocycles. The molecule has 3 nitrogen and oxygen atoms in total. The van der Waals surface area contributed by atoms with Crippen molar-refractivity contribution in [2.75, 3.05) is 16.9 Å². The van der Waals surface area contributed by atoms with E-state index in [1.54, 1.807) is 0 Å². The number of rotatable bonds is 3. The van der Waals surface area contributed by atoms with Gasteiger partial charge >= 0.3 is 0 Å². The van der Waals surface area contributed by atoms with Gasteiger partial charge in [0.25, 0.3) is 0 Å². The molecule has 0 aliphatic carbocycles. The third-order valence-electron chi connectivity index (χ3n) is 4.63. The van der Waals surface area contributed by atoms with Crippen LogP contribution >= 0.6 is 12.2 Å². The summed E-state index contributed by atoms with van der Waals surface area (Å²) in [5, 5.41) is 8.58. The molecular weight excluding hydrogens is 338 g/mol. The summed E-state index contributed by atoms with van der Waals surface area (Å²) < 4.78 is 0. The Labute approximate surface area is 159 Å². The second kappa shape index (κ2) is 7.58. The molecule has 130 valence electrons. The average molecular weight is 359 g/mol. The van der Waals surface area contributed by atoms with Gasteiger partial charge in [-0.2, -0.15) is 0 Å². The van der Waals surface area contributed by atoms with Gasteiger partial charge in [0.2, 0.25) is 0 Å². The molecule has 1 fully saturated rings. The maximum absolute atomic E-state index is 5.75. The third kappa shape index (κ3) is 3.41. The first-order valence-corrected chi connectivity index (χ1v) is 9.26. The fourth-order valence-corrected chi connectivity index (χ4v) is 3.73. The molecule has 1 saturated heterocycles. The van der Waals surface area contributed by atoms with Crippen molar-refractivity contribution in [3.05, 3.63) is 96.6 Å². The van der Waals surface area contributed by atoms with Gasteiger partial charge < -0.3 is 5.32 Å². The van der Waals surface area contributed by atoms with Crippen LogP contribution in [0.2, 0.25) is 0 Å². The summed E-state index contributed by atoms with van der Waals surface area (Å²) in [5.41, 5.74) is 3.46. The van der Waals surface area contributed by atoms with Gasteiger partial charge in [-0.25, -0.2) is 0 Å². The first kappa shape index (κ1) is 16.6. The maximum atomic E-state index is 5.75. The number of para-hydroxylation sites is 2. The highest BCUT2D eigenvalue weighted by Crippen LogP contribution is 2.36. The number of hydrazine groups is 1. The zero-order valence-electron chi connectivity index (χ0n) is 14.5. The Morgan fingerprint density at radius 3 is 2.04 bits per heavy atom. The Morgan fingerprint density at radius 2 is 1.38 bits per heavy atom. The average Bonchev–Trinajstić information content (AvgIpc) is 3.15. The summed E-state index contributed by atoms with van der Waals surface area (Å²) in [5.74, 6) is 0. The van der Waals surface area contributed by atoms with Crippen LogP contribution in [-0.2, 0) is 0 Å². The van der Waals surface area contributed by atoms with Crippen LogP contribution in [0.25, 0.3) is 0 Å². The first-order valence-electron chi connectivity index (χ1n) is 8.85. The predicted octanol–water partition coefficient (Wildman–Crippen LogP) is 5.25.